The number of aliphatic hydroxyl groups is 1. The van der Waals surface area contributed by atoms with E-state index in [2.05, 4.69) is 5.32 Å². The van der Waals surface area contributed by atoms with Crippen LogP contribution in [0.15, 0.2) is 18.2 Å². The molecular weight excluding hydrogens is 234 g/mol. The summed E-state index contributed by atoms with van der Waals surface area (Å²) >= 11 is 0. The summed E-state index contributed by atoms with van der Waals surface area (Å²) in [5, 5.41) is 23.0. The van der Waals surface area contributed by atoms with Crippen LogP contribution in [-0.2, 0) is 0 Å². The number of nitrogen functional groups attached to an aromatic ring is 1. The standard InChI is InChI=1S/C12H17N3O3/c13-9-2-1-3-10(11(9)15(17)18)14-8-12(4-5-12)6-7-16/h1-3,14,16H,4-8,13H2. The Balaban J connectivity index is 2.10. The molecule has 1 saturated carbocycles. The van der Waals surface area contributed by atoms with Crippen LogP contribution < -0.4 is 11.1 Å². The van der Waals surface area contributed by atoms with Crippen LogP contribution >= 0.6 is 0 Å². The summed E-state index contributed by atoms with van der Waals surface area (Å²) in [4.78, 5) is 10.5. The van der Waals surface area contributed by atoms with E-state index in [0.717, 1.165) is 19.3 Å². The highest BCUT2D eigenvalue weighted by molar-refractivity contribution is 5.74. The van der Waals surface area contributed by atoms with Gasteiger partial charge in [-0.05, 0) is 36.8 Å². The molecule has 18 heavy (non-hydrogen) atoms. The van der Waals surface area contributed by atoms with Crippen molar-refractivity contribution < 1.29 is 10.0 Å². The molecule has 0 aromatic heterocycles. The zero-order valence-electron chi connectivity index (χ0n) is 10.1. The number of nitro benzene ring substituents is 1. The molecule has 0 spiro atoms. The summed E-state index contributed by atoms with van der Waals surface area (Å²) in [6, 6.07) is 4.86. The molecule has 1 aromatic rings. The largest absolute Gasteiger partial charge is 0.396 e. The average Bonchev–Trinajstić information content (AvgIpc) is 3.07. The lowest BCUT2D eigenvalue weighted by molar-refractivity contribution is -0.383. The summed E-state index contributed by atoms with van der Waals surface area (Å²) in [6.07, 6.45) is 2.84. The Bertz CT molecular complexity index is 458. The van der Waals surface area contributed by atoms with Gasteiger partial charge in [0.05, 0.1) is 4.92 Å². The van der Waals surface area contributed by atoms with Crippen molar-refractivity contribution in [2.75, 3.05) is 24.2 Å². The number of nitrogens with one attached hydrogen (secondary N) is 1. The number of nitrogens with two attached hydrogens (primary N) is 1. The van der Waals surface area contributed by atoms with Gasteiger partial charge in [0.15, 0.2) is 0 Å². The number of benzene rings is 1. The van der Waals surface area contributed by atoms with Crippen LogP contribution in [-0.4, -0.2) is 23.2 Å². The molecule has 0 radical (unpaired) electrons. The molecule has 2 rings (SSSR count). The predicted octanol–water partition coefficient (Wildman–Crippen LogP) is 1.75. The van der Waals surface area contributed by atoms with Crippen LogP contribution in [0, 0.1) is 15.5 Å². The molecule has 0 unspecified atom stereocenters. The van der Waals surface area contributed by atoms with Crippen LogP contribution in [0.1, 0.15) is 19.3 Å². The van der Waals surface area contributed by atoms with Crippen LogP contribution in [0.3, 0.4) is 0 Å². The molecular formula is C12H17N3O3. The van der Waals surface area contributed by atoms with Crippen molar-refractivity contribution in [3.63, 3.8) is 0 Å². The van der Waals surface area contributed by atoms with E-state index in [1.165, 1.54) is 6.07 Å². The molecule has 1 aromatic carbocycles. The van der Waals surface area contributed by atoms with Gasteiger partial charge in [0.2, 0.25) is 0 Å². The first-order valence-electron chi connectivity index (χ1n) is 5.96. The minimum absolute atomic E-state index is 0.0719. The van der Waals surface area contributed by atoms with E-state index >= 15 is 0 Å². The monoisotopic (exact) mass is 251 g/mol. The zero-order chi connectivity index (χ0) is 13.2. The van der Waals surface area contributed by atoms with Gasteiger partial charge in [0.1, 0.15) is 11.4 Å². The number of nitro groups is 1. The molecule has 0 bridgehead atoms. The third-order valence-electron chi connectivity index (χ3n) is 3.50. The third-order valence-corrected chi connectivity index (χ3v) is 3.50. The first-order valence-corrected chi connectivity index (χ1v) is 5.96. The quantitative estimate of drug-likeness (QED) is 0.406. The molecule has 0 heterocycles. The fraction of sp³-hybridized carbons (Fsp3) is 0.500. The molecule has 4 N–H and O–H groups in total. The average molecular weight is 251 g/mol. The lowest BCUT2D eigenvalue weighted by Gasteiger charge is -2.15. The minimum Gasteiger partial charge on any atom is -0.396 e. The van der Waals surface area contributed by atoms with Crippen LogP contribution in [0.4, 0.5) is 17.1 Å². The fourth-order valence-corrected chi connectivity index (χ4v) is 2.12. The van der Waals surface area contributed by atoms with E-state index in [4.69, 9.17) is 10.8 Å². The number of nitrogens with zero attached hydrogens (tertiary/aromatic N) is 1. The van der Waals surface area contributed by atoms with Crippen LogP contribution in [0.2, 0.25) is 0 Å². The van der Waals surface area contributed by atoms with Crippen molar-refractivity contribution in [1.82, 2.24) is 0 Å². The Morgan fingerprint density at radius 1 is 1.50 bits per heavy atom. The van der Waals surface area contributed by atoms with Crippen molar-refractivity contribution in [2.45, 2.75) is 19.3 Å². The Kier molecular flexibility index (Phi) is 3.38. The molecule has 1 aliphatic rings. The maximum Gasteiger partial charge on any atom is 0.314 e. The minimum atomic E-state index is -0.469. The highest BCUT2D eigenvalue weighted by atomic mass is 16.6. The molecule has 0 amide bonds. The Morgan fingerprint density at radius 3 is 2.78 bits per heavy atom. The number of hydrogen-bond donors (Lipinski definition) is 3. The molecule has 98 valence electrons. The normalized spacial score (nSPS) is 16.3. The first kappa shape index (κ1) is 12.6. The molecule has 0 atom stereocenters. The number of para-hydroxylation sites is 1. The van der Waals surface area contributed by atoms with Gasteiger partial charge in [0, 0.05) is 13.2 Å². The van der Waals surface area contributed by atoms with Gasteiger partial charge in [-0.2, -0.15) is 0 Å². The van der Waals surface area contributed by atoms with Gasteiger partial charge in [-0.15, -0.1) is 0 Å². The Hall–Kier alpha value is -1.82. The SMILES string of the molecule is Nc1cccc(NCC2(CCO)CC2)c1[N+](=O)[O-]. The lowest BCUT2D eigenvalue weighted by atomic mass is 10.0. The van der Waals surface area contributed by atoms with E-state index in [9.17, 15) is 10.1 Å². The Labute approximate surface area is 105 Å². The van der Waals surface area contributed by atoms with E-state index in [1.54, 1.807) is 12.1 Å². The van der Waals surface area contributed by atoms with Gasteiger partial charge in [-0.1, -0.05) is 6.07 Å². The highest BCUT2D eigenvalue weighted by Gasteiger charge is 2.41. The van der Waals surface area contributed by atoms with Crippen LogP contribution in [0.25, 0.3) is 0 Å². The highest BCUT2D eigenvalue weighted by Crippen LogP contribution is 2.48. The van der Waals surface area contributed by atoms with Crippen molar-refractivity contribution in [3.05, 3.63) is 28.3 Å². The number of anilines is 2. The van der Waals surface area contributed by atoms with Crippen molar-refractivity contribution in [2.24, 2.45) is 5.41 Å². The lowest BCUT2D eigenvalue weighted by Crippen LogP contribution is -2.17. The van der Waals surface area contributed by atoms with E-state index in [-0.39, 0.29) is 23.4 Å². The maximum atomic E-state index is 11.0. The zero-order valence-corrected chi connectivity index (χ0v) is 10.1. The Morgan fingerprint density at radius 2 is 2.22 bits per heavy atom. The molecule has 6 heteroatoms. The van der Waals surface area contributed by atoms with Gasteiger partial charge in [-0.3, -0.25) is 10.1 Å². The predicted molar refractivity (Wildman–Crippen MR) is 69.4 cm³/mol. The van der Waals surface area contributed by atoms with Gasteiger partial charge < -0.3 is 16.2 Å². The summed E-state index contributed by atoms with van der Waals surface area (Å²) in [5.74, 6) is 0. The molecule has 0 aliphatic heterocycles. The molecule has 6 nitrogen and oxygen atoms in total. The number of rotatable bonds is 6. The second kappa shape index (κ2) is 4.81. The number of hydrogen-bond acceptors (Lipinski definition) is 5. The van der Waals surface area contributed by atoms with Crippen molar-refractivity contribution >= 4 is 17.1 Å². The fourth-order valence-electron chi connectivity index (χ4n) is 2.12. The molecule has 0 saturated heterocycles. The van der Waals surface area contributed by atoms with Gasteiger partial charge >= 0.3 is 5.69 Å². The van der Waals surface area contributed by atoms with Crippen molar-refractivity contribution in [1.29, 1.82) is 0 Å². The van der Waals surface area contributed by atoms with E-state index in [0.29, 0.717) is 12.2 Å². The second-order valence-corrected chi connectivity index (χ2v) is 4.83. The van der Waals surface area contributed by atoms with Crippen molar-refractivity contribution in [3.8, 4) is 0 Å². The van der Waals surface area contributed by atoms with Gasteiger partial charge in [-0.25, -0.2) is 0 Å². The van der Waals surface area contributed by atoms with E-state index in [1.807, 2.05) is 0 Å². The van der Waals surface area contributed by atoms with E-state index < -0.39 is 4.92 Å². The molecule has 1 fully saturated rings. The summed E-state index contributed by atoms with van der Waals surface area (Å²) in [5.41, 5.74) is 6.26. The first-order chi connectivity index (χ1) is 8.58. The summed E-state index contributed by atoms with van der Waals surface area (Å²) < 4.78 is 0. The summed E-state index contributed by atoms with van der Waals surface area (Å²) in [6.45, 7) is 0.790. The topological polar surface area (TPSA) is 101 Å². The third kappa shape index (κ3) is 2.53. The number of aliphatic hydroxyl groups excluding tert-OH is 1. The summed E-state index contributed by atoms with van der Waals surface area (Å²) in [7, 11) is 0. The maximum absolute atomic E-state index is 11.0. The smallest absolute Gasteiger partial charge is 0.314 e. The van der Waals surface area contributed by atoms with Crippen LogP contribution in [0.5, 0.6) is 0 Å². The second-order valence-electron chi connectivity index (χ2n) is 4.83. The van der Waals surface area contributed by atoms with Gasteiger partial charge in [0.25, 0.3) is 0 Å². The molecule has 1 aliphatic carbocycles.